The van der Waals surface area contributed by atoms with Crippen molar-refractivity contribution in [3.05, 3.63) is 41.4 Å². The van der Waals surface area contributed by atoms with Crippen LogP contribution in [-0.4, -0.2) is 13.1 Å². The Kier molecular flexibility index (Phi) is 3.32. The highest BCUT2D eigenvalue weighted by atomic mass is 35.5. The number of benzene rings is 1. The molecule has 1 aromatic carbocycles. The number of hydrogen-bond acceptors (Lipinski definition) is 1. The van der Waals surface area contributed by atoms with Crippen LogP contribution in [0.2, 0.25) is 5.02 Å². The summed E-state index contributed by atoms with van der Waals surface area (Å²) in [5, 5.41) is 0.842. The molecule has 0 aromatic heterocycles. The van der Waals surface area contributed by atoms with Crippen molar-refractivity contribution in [2.75, 3.05) is 18.0 Å². The van der Waals surface area contributed by atoms with E-state index < -0.39 is 0 Å². The molecule has 0 radical (unpaired) electrons. The predicted molar refractivity (Wildman–Crippen MR) is 66.8 cm³/mol. The molecule has 1 nitrogen and oxygen atoms in total. The predicted octanol–water partition coefficient (Wildman–Crippen LogP) is 3.67. The van der Waals surface area contributed by atoms with Crippen LogP contribution in [0, 0.1) is 0 Å². The molecule has 0 amide bonds. The molecule has 1 heterocycles. The molecule has 0 fully saturated rings. The van der Waals surface area contributed by atoms with E-state index in [1.165, 1.54) is 24.1 Å². The summed E-state index contributed by atoms with van der Waals surface area (Å²) in [6, 6.07) is 6.20. The topological polar surface area (TPSA) is 3.24 Å². The van der Waals surface area contributed by atoms with Gasteiger partial charge in [-0.15, -0.1) is 6.58 Å². The third-order valence-corrected chi connectivity index (χ3v) is 3.09. The minimum atomic E-state index is 0.842. The van der Waals surface area contributed by atoms with Gasteiger partial charge < -0.3 is 4.90 Å². The molecule has 1 aliphatic heterocycles. The summed E-state index contributed by atoms with van der Waals surface area (Å²) in [6.45, 7) is 5.86. The molecule has 1 aromatic rings. The smallest absolute Gasteiger partial charge is 0.0410 e. The summed E-state index contributed by atoms with van der Waals surface area (Å²) in [5.74, 6) is 0. The summed E-state index contributed by atoms with van der Waals surface area (Å²) in [5.41, 5.74) is 2.71. The Hall–Kier alpha value is -0.950. The Balaban J connectivity index is 2.35. The molecule has 15 heavy (non-hydrogen) atoms. The molecule has 0 atom stereocenters. The highest BCUT2D eigenvalue weighted by molar-refractivity contribution is 6.30. The quantitative estimate of drug-likeness (QED) is 0.689. The van der Waals surface area contributed by atoms with E-state index in [1.54, 1.807) is 0 Å². The van der Waals surface area contributed by atoms with Gasteiger partial charge in [-0.25, -0.2) is 0 Å². The van der Waals surface area contributed by atoms with Crippen molar-refractivity contribution in [3.63, 3.8) is 0 Å². The fourth-order valence-corrected chi connectivity index (χ4v) is 2.34. The lowest BCUT2D eigenvalue weighted by molar-refractivity contribution is 0.737. The third kappa shape index (κ3) is 2.35. The molecule has 0 spiro atoms. The molecule has 0 N–H and O–H groups in total. The van der Waals surface area contributed by atoms with E-state index in [1.807, 2.05) is 12.1 Å². The van der Waals surface area contributed by atoms with Gasteiger partial charge in [-0.3, -0.25) is 0 Å². The fourth-order valence-electron chi connectivity index (χ4n) is 2.15. The van der Waals surface area contributed by atoms with Crippen LogP contribution in [-0.2, 0) is 6.42 Å². The summed E-state index contributed by atoms with van der Waals surface area (Å²) >= 11 is 6.02. The first-order valence-electron chi connectivity index (χ1n) is 5.45. The monoisotopic (exact) mass is 221 g/mol. The van der Waals surface area contributed by atoms with E-state index in [4.69, 9.17) is 11.6 Å². The van der Waals surface area contributed by atoms with Crippen LogP contribution in [0.15, 0.2) is 30.9 Å². The van der Waals surface area contributed by atoms with Crippen LogP contribution < -0.4 is 4.90 Å². The molecule has 0 unspecified atom stereocenters. The highest BCUT2D eigenvalue weighted by Crippen LogP contribution is 2.28. The highest BCUT2D eigenvalue weighted by Gasteiger charge is 2.13. The average Bonchev–Trinajstić information content (AvgIpc) is 2.41. The maximum Gasteiger partial charge on any atom is 0.0410 e. The summed E-state index contributed by atoms with van der Waals surface area (Å²) < 4.78 is 0. The number of anilines is 1. The Morgan fingerprint density at radius 1 is 1.40 bits per heavy atom. The van der Waals surface area contributed by atoms with E-state index in [0.29, 0.717) is 0 Å². The summed E-state index contributed by atoms with van der Waals surface area (Å²) in [7, 11) is 0. The molecule has 0 bridgehead atoms. The van der Waals surface area contributed by atoms with E-state index in [9.17, 15) is 0 Å². The van der Waals surface area contributed by atoms with Gasteiger partial charge in [0, 0.05) is 23.8 Å². The normalized spacial score (nSPS) is 15.7. The standard InChI is InChI=1S/C13H16ClN/c1-2-8-15-9-4-3-5-11-10-12(14)6-7-13(11)15/h2,6-7,10H,1,3-5,8-9H2. The minimum absolute atomic E-state index is 0.842. The van der Waals surface area contributed by atoms with Gasteiger partial charge in [0.25, 0.3) is 0 Å². The van der Waals surface area contributed by atoms with Crippen LogP contribution >= 0.6 is 11.6 Å². The molecule has 0 aliphatic carbocycles. The summed E-state index contributed by atoms with van der Waals surface area (Å²) in [4.78, 5) is 2.38. The van der Waals surface area contributed by atoms with Gasteiger partial charge in [-0.05, 0) is 43.0 Å². The zero-order valence-corrected chi connectivity index (χ0v) is 9.63. The molecular formula is C13H16ClN. The van der Waals surface area contributed by atoms with Crippen LogP contribution in [0.3, 0.4) is 0 Å². The molecule has 2 rings (SSSR count). The van der Waals surface area contributed by atoms with E-state index in [2.05, 4.69) is 23.6 Å². The number of aryl methyl sites for hydroxylation is 1. The Bertz CT molecular complexity index is 360. The number of nitrogens with zero attached hydrogens (tertiary/aromatic N) is 1. The molecular weight excluding hydrogens is 206 g/mol. The van der Waals surface area contributed by atoms with Gasteiger partial charge in [0.05, 0.1) is 0 Å². The first kappa shape index (κ1) is 10.6. The van der Waals surface area contributed by atoms with Crippen molar-refractivity contribution >= 4 is 17.3 Å². The Morgan fingerprint density at radius 2 is 2.27 bits per heavy atom. The lowest BCUT2D eigenvalue weighted by Gasteiger charge is -2.23. The Morgan fingerprint density at radius 3 is 3.07 bits per heavy atom. The number of hydrogen-bond donors (Lipinski definition) is 0. The maximum atomic E-state index is 6.02. The lowest BCUT2D eigenvalue weighted by atomic mass is 10.1. The zero-order valence-electron chi connectivity index (χ0n) is 8.88. The molecule has 80 valence electrons. The van der Waals surface area contributed by atoms with Gasteiger partial charge in [-0.2, -0.15) is 0 Å². The third-order valence-electron chi connectivity index (χ3n) is 2.86. The average molecular weight is 222 g/mol. The fraction of sp³-hybridized carbons (Fsp3) is 0.385. The number of rotatable bonds is 2. The van der Waals surface area contributed by atoms with E-state index >= 15 is 0 Å². The van der Waals surface area contributed by atoms with Crippen molar-refractivity contribution in [2.45, 2.75) is 19.3 Å². The SMILES string of the molecule is C=CCN1CCCCc2cc(Cl)ccc21. The number of halogens is 1. The molecule has 0 saturated heterocycles. The van der Waals surface area contributed by atoms with Crippen molar-refractivity contribution in [1.29, 1.82) is 0 Å². The van der Waals surface area contributed by atoms with Gasteiger partial charge >= 0.3 is 0 Å². The second-order valence-corrected chi connectivity index (χ2v) is 4.40. The summed E-state index contributed by atoms with van der Waals surface area (Å²) in [6.07, 6.45) is 5.61. The second-order valence-electron chi connectivity index (χ2n) is 3.96. The van der Waals surface area contributed by atoms with Gasteiger partial charge in [0.2, 0.25) is 0 Å². The van der Waals surface area contributed by atoms with Gasteiger partial charge in [0.1, 0.15) is 0 Å². The van der Waals surface area contributed by atoms with Crippen molar-refractivity contribution in [2.24, 2.45) is 0 Å². The van der Waals surface area contributed by atoms with Gasteiger partial charge in [0.15, 0.2) is 0 Å². The Labute approximate surface area is 96.4 Å². The van der Waals surface area contributed by atoms with Crippen LogP contribution in [0.4, 0.5) is 5.69 Å². The lowest BCUT2D eigenvalue weighted by Crippen LogP contribution is -2.23. The second kappa shape index (κ2) is 4.71. The van der Waals surface area contributed by atoms with E-state index in [-0.39, 0.29) is 0 Å². The molecule has 1 aliphatic rings. The van der Waals surface area contributed by atoms with Crippen molar-refractivity contribution in [1.82, 2.24) is 0 Å². The van der Waals surface area contributed by atoms with Crippen LogP contribution in [0.25, 0.3) is 0 Å². The first-order chi connectivity index (χ1) is 7.31. The number of fused-ring (bicyclic) bond motifs is 1. The molecule has 0 saturated carbocycles. The van der Waals surface area contributed by atoms with Crippen molar-refractivity contribution < 1.29 is 0 Å². The van der Waals surface area contributed by atoms with Gasteiger partial charge in [-0.1, -0.05) is 17.7 Å². The first-order valence-corrected chi connectivity index (χ1v) is 5.83. The zero-order chi connectivity index (χ0) is 10.7. The largest absolute Gasteiger partial charge is 0.368 e. The maximum absolute atomic E-state index is 6.02. The van der Waals surface area contributed by atoms with E-state index in [0.717, 1.165) is 24.5 Å². The molecule has 2 heteroatoms. The minimum Gasteiger partial charge on any atom is -0.368 e. The van der Waals surface area contributed by atoms with Crippen molar-refractivity contribution in [3.8, 4) is 0 Å². The van der Waals surface area contributed by atoms with Crippen LogP contribution in [0.1, 0.15) is 18.4 Å². The van der Waals surface area contributed by atoms with Crippen LogP contribution in [0.5, 0.6) is 0 Å².